The van der Waals surface area contributed by atoms with Crippen molar-refractivity contribution in [3.8, 4) is 0 Å². The molecule has 0 spiro atoms. The first kappa shape index (κ1) is 21.4. The molecule has 0 aliphatic heterocycles. The van der Waals surface area contributed by atoms with Crippen LogP contribution in [0.4, 0.5) is 0 Å². The first-order chi connectivity index (χ1) is 11.4. The molecule has 0 fully saturated rings. The molecule has 0 aromatic carbocycles. The lowest BCUT2D eigenvalue weighted by atomic mass is 9.98. The van der Waals surface area contributed by atoms with E-state index in [1.807, 2.05) is 19.1 Å². The van der Waals surface area contributed by atoms with E-state index >= 15 is 0 Å². The maximum atomic E-state index is 12.4. The average molecular weight is 357 g/mol. The van der Waals surface area contributed by atoms with E-state index in [4.69, 9.17) is 4.18 Å². The van der Waals surface area contributed by atoms with Gasteiger partial charge >= 0.3 is 0 Å². The minimum atomic E-state index is -3.55. The van der Waals surface area contributed by atoms with Gasteiger partial charge in [-0.25, -0.2) is 0 Å². The van der Waals surface area contributed by atoms with E-state index in [9.17, 15) is 8.42 Å². The molecule has 0 radical (unpaired) electrons. The molecular formula is C20H36O3S. The van der Waals surface area contributed by atoms with Crippen molar-refractivity contribution in [3.63, 3.8) is 0 Å². The molecule has 1 unspecified atom stereocenters. The van der Waals surface area contributed by atoms with Crippen LogP contribution in [0.3, 0.4) is 0 Å². The maximum Gasteiger partial charge on any atom is 0.276 e. The molecule has 0 aromatic rings. The highest BCUT2D eigenvalue weighted by Crippen LogP contribution is 2.30. The van der Waals surface area contributed by atoms with E-state index in [2.05, 4.69) is 6.92 Å². The molecule has 1 atom stereocenters. The van der Waals surface area contributed by atoms with E-state index in [1.54, 1.807) is 13.0 Å². The monoisotopic (exact) mass is 356 g/mol. The molecule has 0 heterocycles. The largest absolute Gasteiger partial charge is 0.276 e. The summed E-state index contributed by atoms with van der Waals surface area (Å²) in [5.74, 6) is 0. The van der Waals surface area contributed by atoms with Crippen molar-refractivity contribution in [2.75, 3.05) is 6.61 Å². The summed E-state index contributed by atoms with van der Waals surface area (Å²) in [4.78, 5) is 0. The summed E-state index contributed by atoms with van der Waals surface area (Å²) in [6.07, 6.45) is 18.4. The Labute approximate surface area is 149 Å². The molecule has 1 rings (SSSR count). The van der Waals surface area contributed by atoms with E-state index in [-0.39, 0.29) is 0 Å². The van der Waals surface area contributed by atoms with Crippen LogP contribution in [0.25, 0.3) is 0 Å². The van der Waals surface area contributed by atoms with Gasteiger partial charge in [-0.2, -0.15) is 8.42 Å². The van der Waals surface area contributed by atoms with Crippen molar-refractivity contribution in [2.45, 2.75) is 96.1 Å². The summed E-state index contributed by atoms with van der Waals surface area (Å²) in [6, 6.07) is 0. The van der Waals surface area contributed by atoms with Crippen molar-refractivity contribution in [2.24, 2.45) is 0 Å². The Morgan fingerprint density at radius 1 is 1.00 bits per heavy atom. The summed E-state index contributed by atoms with van der Waals surface area (Å²) in [7, 11) is -3.55. The van der Waals surface area contributed by atoms with Crippen LogP contribution in [0.1, 0.15) is 91.4 Å². The standard InChI is InChI=1S/C20H36O3S/c1-4-5-6-7-8-9-10-11-12-13-18-23-24(21,22)20(3)16-14-19(2)15-17-20/h14-16H,4-13,17-18H2,1-3H3. The van der Waals surface area contributed by atoms with Crippen LogP contribution < -0.4 is 0 Å². The number of rotatable bonds is 13. The molecule has 4 heteroatoms. The third-order valence-corrected chi connectivity index (χ3v) is 6.76. The van der Waals surface area contributed by atoms with E-state index < -0.39 is 14.9 Å². The Bertz CT molecular complexity index is 505. The maximum absolute atomic E-state index is 12.4. The summed E-state index contributed by atoms with van der Waals surface area (Å²) < 4.78 is 29.1. The van der Waals surface area contributed by atoms with Crippen molar-refractivity contribution in [1.82, 2.24) is 0 Å². The molecule has 1 aliphatic rings. The zero-order valence-electron chi connectivity index (χ0n) is 15.9. The fourth-order valence-electron chi connectivity index (χ4n) is 2.89. The van der Waals surface area contributed by atoms with Crippen LogP contribution in [0, 0.1) is 0 Å². The number of unbranched alkanes of at least 4 members (excludes halogenated alkanes) is 9. The smallest absolute Gasteiger partial charge is 0.269 e. The fourth-order valence-corrected chi connectivity index (χ4v) is 4.01. The lowest BCUT2D eigenvalue weighted by Gasteiger charge is -2.26. The van der Waals surface area contributed by atoms with Gasteiger partial charge in [-0.3, -0.25) is 4.18 Å². The minimum absolute atomic E-state index is 0.310. The quantitative estimate of drug-likeness (QED) is 0.304. The highest BCUT2D eigenvalue weighted by atomic mass is 32.2. The van der Waals surface area contributed by atoms with Gasteiger partial charge in [-0.05, 0) is 26.7 Å². The Morgan fingerprint density at radius 2 is 1.54 bits per heavy atom. The van der Waals surface area contributed by atoms with E-state index in [0.29, 0.717) is 13.0 Å². The summed E-state index contributed by atoms with van der Waals surface area (Å²) in [6.45, 7) is 6.27. The SMILES string of the molecule is CCCCCCCCCCCCOS(=O)(=O)C1(C)C=CC(C)=CC1. The van der Waals surface area contributed by atoms with Gasteiger partial charge in [0.2, 0.25) is 0 Å². The molecule has 0 amide bonds. The molecule has 0 saturated carbocycles. The van der Waals surface area contributed by atoms with Crippen LogP contribution >= 0.6 is 0 Å². The van der Waals surface area contributed by atoms with Crippen LogP contribution in [0.2, 0.25) is 0 Å². The lowest BCUT2D eigenvalue weighted by Crippen LogP contribution is -2.35. The van der Waals surface area contributed by atoms with Crippen molar-refractivity contribution in [3.05, 3.63) is 23.8 Å². The topological polar surface area (TPSA) is 43.4 Å². The fraction of sp³-hybridized carbons (Fsp3) is 0.800. The molecule has 0 bridgehead atoms. The third-order valence-electron chi connectivity index (χ3n) is 4.84. The predicted molar refractivity (Wildman–Crippen MR) is 103 cm³/mol. The Morgan fingerprint density at radius 3 is 2.04 bits per heavy atom. The second-order valence-corrected chi connectivity index (χ2v) is 9.33. The molecule has 140 valence electrons. The molecule has 1 aliphatic carbocycles. The van der Waals surface area contributed by atoms with Gasteiger partial charge in [0.15, 0.2) is 0 Å². The predicted octanol–water partition coefficient (Wildman–Crippen LogP) is 5.92. The number of hydrogen-bond donors (Lipinski definition) is 0. The van der Waals surface area contributed by atoms with Crippen LogP contribution in [-0.4, -0.2) is 19.8 Å². The second kappa shape index (κ2) is 11.1. The van der Waals surface area contributed by atoms with Crippen molar-refractivity contribution >= 4 is 10.1 Å². The molecule has 0 saturated heterocycles. The Balaban J connectivity index is 2.09. The van der Waals surface area contributed by atoms with Crippen LogP contribution in [-0.2, 0) is 14.3 Å². The minimum Gasteiger partial charge on any atom is -0.269 e. The molecule has 24 heavy (non-hydrogen) atoms. The second-order valence-electron chi connectivity index (χ2n) is 7.26. The normalized spacial score (nSPS) is 21.0. The summed E-state index contributed by atoms with van der Waals surface area (Å²) in [5, 5.41) is 0. The lowest BCUT2D eigenvalue weighted by molar-refractivity contribution is 0.295. The zero-order valence-corrected chi connectivity index (χ0v) is 16.7. The highest BCUT2D eigenvalue weighted by molar-refractivity contribution is 7.88. The van der Waals surface area contributed by atoms with Crippen molar-refractivity contribution < 1.29 is 12.6 Å². The van der Waals surface area contributed by atoms with Gasteiger partial charge in [-0.1, -0.05) is 88.5 Å². The Hall–Kier alpha value is -0.610. The molecule has 0 aromatic heterocycles. The van der Waals surface area contributed by atoms with E-state index in [0.717, 1.165) is 18.4 Å². The zero-order chi connectivity index (χ0) is 17.9. The highest BCUT2D eigenvalue weighted by Gasteiger charge is 2.38. The first-order valence-corrected chi connectivity index (χ1v) is 11.1. The van der Waals surface area contributed by atoms with Gasteiger partial charge in [-0.15, -0.1) is 0 Å². The van der Waals surface area contributed by atoms with Crippen LogP contribution in [0.5, 0.6) is 0 Å². The van der Waals surface area contributed by atoms with Gasteiger partial charge in [0.25, 0.3) is 10.1 Å². The van der Waals surface area contributed by atoms with Gasteiger partial charge in [0.1, 0.15) is 4.75 Å². The van der Waals surface area contributed by atoms with Gasteiger partial charge in [0, 0.05) is 0 Å². The molecule has 0 N–H and O–H groups in total. The molecule has 3 nitrogen and oxygen atoms in total. The first-order valence-electron chi connectivity index (χ1n) is 9.66. The Kier molecular flexibility index (Phi) is 9.91. The number of allylic oxidation sites excluding steroid dienone is 3. The van der Waals surface area contributed by atoms with E-state index in [1.165, 1.54) is 51.4 Å². The van der Waals surface area contributed by atoms with Gasteiger partial charge in [0.05, 0.1) is 6.61 Å². The average Bonchev–Trinajstić information content (AvgIpc) is 2.55. The van der Waals surface area contributed by atoms with Crippen LogP contribution in [0.15, 0.2) is 23.8 Å². The number of hydrogen-bond acceptors (Lipinski definition) is 3. The summed E-state index contributed by atoms with van der Waals surface area (Å²) >= 11 is 0. The van der Waals surface area contributed by atoms with Crippen molar-refractivity contribution in [1.29, 1.82) is 0 Å². The van der Waals surface area contributed by atoms with Gasteiger partial charge < -0.3 is 0 Å². The summed E-state index contributed by atoms with van der Waals surface area (Å²) in [5.41, 5.74) is 1.11. The molecular weight excluding hydrogens is 320 g/mol. The third kappa shape index (κ3) is 7.52.